The topological polar surface area (TPSA) is 35.5 Å². The standard InChI is InChI=1S/C10H20N2O/c1-11-9(7-13)6-12-5-8-2-3-10(12)4-8/h8-11,13H,2-7H2,1H3. The summed E-state index contributed by atoms with van der Waals surface area (Å²) in [6.45, 7) is 2.54. The molecule has 2 bridgehead atoms. The van der Waals surface area contributed by atoms with Gasteiger partial charge >= 0.3 is 0 Å². The van der Waals surface area contributed by atoms with Crippen LogP contribution in [0.5, 0.6) is 0 Å². The number of piperidine rings is 1. The third-order valence-corrected chi connectivity index (χ3v) is 3.61. The number of aliphatic hydroxyl groups excluding tert-OH is 1. The molecule has 2 fully saturated rings. The number of nitrogens with one attached hydrogen (secondary N) is 1. The Kier molecular flexibility index (Phi) is 2.86. The summed E-state index contributed by atoms with van der Waals surface area (Å²) < 4.78 is 0. The first-order valence-electron chi connectivity index (χ1n) is 5.35. The van der Waals surface area contributed by atoms with Crippen LogP contribution in [0.25, 0.3) is 0 Å². The van der Waals surface area contributed by atoms with E-state index in [1.165, 1.54) is 25.8 Å². The average molecular weight is 184 g/mol. The van der Waals surface area contributed by atoms with Gasteiger partial charge in [-0.3, -0.25) is 4.90 Å². The van der Waals surface area contributed by atoms with Gasteiger partial charge in [0.05, 0.1) is 6.61 Å². The highest BCUT2D eigenvalue weighted by Crippen LogP contribution is 2.37. The number of hydrogen-bond donors (Lipinski definition) is 2. The molecule has 1 aliphatic carbocycles. The Balaban J connectivity index is 1.82. The molecule has 2 N–H and O–H groups in total. The molecule has 1 aliphatic heterocycles. The smallest absolute Gasteiger partial charge is 0.0597 e. The van der Waals surface area contributed by atoms with Crippen molar-refractivity contribution < 1.29 is 5.11 Å². The number of likely N-dealkylation sites (N-methyl/N-ethyl adjacent to an activating group) is 1. The lowest BCUT2D eigenvalue weighted by atomic mass is 10.1. The van der Waals surface area contributed by atoms with E-state index in [-0.39, 0.29) is 12.6 Å². The van der Waals surface area contributed by atoms with Gasteiger partial charge in [-0.15, -0.1) is 0 Å². The van der Waals surface area contributed by atoms with E-state index in [9.17, 15) is 0 Å². The normalized spacial score (nSPS) is 35.5. The van der Waals surface area contributed by atoms with Gasteiger partial charge in [-0.05, 0) is 32.2 Å². The van der Waals surface area contributed by atoms with Crippen molar-refractivity contribution in [1.29, 1.82) is 0 Å². The molecule has 3 atom stereocenters. The number of aliphatic hydroxyl groups is 1. The highest BCUT2D eigenvalue weighted by atomic mass is 16.3. The van der Waals surface area contributed by atoms with Gasteiger partial charge in [0.15, 0.2) is 0 Å². The Morgan fingerprint density at radius 3 is 2.85 bits per heavy atom. The van der Waals surface area contributed by atoms with E-state index in [4.69, 9.17) is 5.11 Å². The Labute approximate surface area is 80.1 Å². The second kappa shape index (κ2) is 3.95. The maximum Gasteiger partial charge on any atom is 0.0597 e. The molecule has 0 amide bonds. The molecule has 0 radical (unpaired) electrons. The Morgan fingerprint density at radius 2 is 2.38 bits per heavy atom. The molecule has 0 aromatic rings. The van der Waals surface area contributed by atoms with Crippen LogP contribution in [0.3, 0.4) is 0 Å². The maximum atomic E-state index is 9.07. The van der Waals surface area contributed by atoms with Crippen molar-refractivity contribution in [1.82, 2.24) is 10.2 Å². The molecule has 1 saturated carbocycles. The molecule has 2 aliphatic rings. The largest absolute Gasteiger partial charge is 0.395 e. The zero-order valence-corrected chi connectivity index (χ0v) is 8.37. The molecule has 3 nitrogen and oxygen atoms in total. The van der Waals surface area contributed by atoms with Crippen LogP contribution < -0.4 is 5.32 Å². The van der Waals surface area contributed by atoms with Crippen LogP contribution in [-0.4, -0.2) is 48.8 Å². The zero-order valence-electron chi connectivity index (χ0n) is 8.37. The fourth-order valence-electron chi connectivity index (χ4n) is 2.77. The summed E-state index contributed by atoms with van der Waals surface area (Å²) in [7, 11) is 1.93. The first-order valence-corrected chi connectivity index (χ1v) is 5.35. The molecule has 2 rings (SSSR count). The minimum atomic E-state index is 0.254. The third kappa shape index (κ3) is 1.87. The van der Waals surface area contributed by atoms with E-state index >= 15 is 0 Å². The Hall–Kier alpha value is -0.120. The van der Waals surface area contributed by atoms with Crippen LogP contribution in [0.1, 0.15) is 19.3 Å². The first-order chi connectivity index (χ1) is 6.33. The molecule has 76 valence electrons. The van der Waals surface area contributed by atoms with Gasteiger partial charge in [-0.25, -0.2) is 0 Å². The quantitative estimate of drug-likeness (QED) is 0.648. The van der Waals surface area contributed by atoms with Gasteiger partial charge < -0.3 is 10.4 Å². The minimum absolute atomic E-state index is 0.254. The van der Waals surface area contributed by atoms with Gasteiger partial charge in [-0.1, -0.05) is 0 Å². The first kappa shape index (κ1) is 9.44. The van der Waals surface area contributed by atoms with E-state index in [0.29, 0.717) is 0 Å². The highest BCUT2D eigenvalue weighted by Gasteiger charge is 2.37. The monoisotopic (exact) mass is 184 g/mol. The molecular weight excluding hydrogens is 164 g/mol. The predicted octanol–water partition coefficient (Wildman–Crippen LogP) is 0.0510. The van der Waals surface area contributed by atoms with Crippen molar-refractivity contribution >= 4 is 0 Å². The summed E-state index contributed by atoms with van der Waals surface area (Å²) >= 11 is 0. The fourth-order valence-corrected chi connectivity index (χ4v) is 2.77. The highest BCUT2D eigenvalue weighted by molar-refractivity contribution is 4.93. The molecule has 1 heterocycles. The summed E-state index contributed by atoms with van der Waals surface area (Å²) in [6.07, 6.45) is 4.22. The van der Waals surface area contributed by atoms with Crippen molar-refractivity contribution in [2.75, 3.05) is 26.7 Å². The summed E-state index contributed by atoms with van der Waals surface area (Å²) in [4.78, 5) is 2.55. The molecule has 3 heteroatoms. The summed E-state index contributed by atoms with van der Waals surface area (Å²) in [5, 5.41) is 12.2. The Morgan fingerprint density at radius 1 is 1.54 bits per heavy atom. The summed E-state index contributed by atoms with van der Waals surface area (Å²) in [5.74, 6) is 0.959. The lowest BCUT2D eigenvalue weighted by molar-refractivity contribution is 0.158. The van der Waals surface area contributed by atoms with Crippen LogP contribution in [0.15, 0.2) is 0 Å². The zero-order chi connectivity index (χ0) is 9.26. The number of rotatable bonds is 4. The second-order valence-electron chi connectivity index (χ2n) is 4.45. The van der Waals surface area contributed by atoms with Crippen LogP contribution >= 0.6 is 0 Å². The fraction of sp³-hybridized carbons (Fsp3) is 1.00. The van der Waals surface area contributed by atoms with Crippen LogP contribution in [-0.2, 0) is 0 Å². The van der Waals surface area contributed by atoms with Crippen LogP contribution in [0, 0.1) is 5.92 Å². The van der Waals surface area contributed by atoms with E-state index < -0.39 is 0 Å². The van der Waals surface area contributed by atoms with E-state index in [1.807, 2.05) is 7.05 Å². The molecule has 1 saturated heterocycles. The Bertz CT molecular complexity index is 170. The van der Waals surface area contributed by atoms with E-state index in [1.54, 1.807) is 0 Å². The molecular formula is C10H20N2O. The average Bonchev–Trinajstić information content (AvgIpc) is 2.75. The van der Waals surface area contributed by atoms with E-state index in [0.717, 1.165) is 18.5 Å². The van der Waals surface area contributed by atoms with Gasteiger partial charge in [0.1, 0.15) is 0 Å². The van der Waals surface area contributed by atoms with Crippen molar-refractivity contribution in [2.45, 2.75) is 31.3 Å². The van der Waals surface area contributed by atoms with Crippen LogP contribution in [0.2, 0.25) is 0 Å². The molecule has 3 unspecified atom stereocenters. The van der Waals surface area contributed by atoms with E-state index in [2.05, 4.69) is 10.2 Å². The summed E-state index contributed by atoms with van der Waals surface area (Å²) in [5.41, 5.74) is 0. The molecule has 0 spiro atoms. The lowest BCUT2D eigenvalue weighted by Gasteiger charge is -2.29. The maximum absolute atomic E-state index is 9.07. The molecule has 13 heavy (non-hydrogen) atoms. The van der Waals surface area contributed by atoms with Crippen molar-refractivity contribution in [3.63, 3.8) is 0 Å². The lowest BCUT2D eigenvalue weighted by Crippen LogP contribution is -2.44. The number of likely N-dealkylation sites (tertiary alicyclic amines) is 1. The number of fused-ring (bicyclic) bond motifs is 2. The van der Waals surface area contributed by atoms with Gasteiger partial charge in [0, 0.05) is 25.2 Å². The number of nitrogens with zero attached hydrogens (tertiary/aromatic N) is 1. The molecule has 0 aromatic heterocycles. The predicted molar refractivity (Wildman–Crippen MR) is 52.6 cm³/mol. The SMILES string of the molecule is CNC(CO)CN1CC2CCC1C2. The van der Waals surface area contributed by atoms with Crippen molar-refractivity contribution in [2.24, 2.45) is 5.92 Å². The minimum Gasteiger partial charge on any atom is -0.395 e. The van der Waals surface area contributed by atoms with Crippen molar-refractivity contribution in [3.8, 4) is 0 Å². The van der Waals surface area contributed by atoms with Crippen molar-refractivity contribution in [3.05, 3.63) is 0 Å². The van der Waals surface area contributed by atoms with Crippen LogP contribution in [0.4, 0.5) is 0 Å². The number of hydrogen-bond acceptors (Lipinski definition) is 3. The second-order valence-corrected chi connectivity index (χ2v) is 4.45. The molecule has 0 aromatic carbocycles. The van der Waals surface area contributed by atoms with Gasteiger partial charge in [0.2, 0.25) is 0 Å². The van der Waals surface area contributed by atoms with Gasteiger partial charge in [0.25, 0.3) is 0 Å². The third-order valence-electron chi connectivity index (χ3n) is 3.61. The van der Waals surface area contributed by atoms with Gasteiger partial charge in [-0.2, -0.15) is 0 Å². The summed E-state index contributed by atoms with van der Waals surface area (Å²) in [6, 6.07) is 1.09.